The molecule has 1 aromatic carbocycles. The highest BCUT2D eigenvalue weighted by Gasteiger charge is 2.15. The fraction of sp³-hybridized carbons (Fsp3) is 0.357. The van der Waals surface area contributed by atoms with E-state index in [-0.39, 0.29) is 11.7 Å². The lowest BCUT2D eigenvalue weighted by Crippen LogP contribution is -2.38. The van der Waals surface area contributed by atoms with Crippen LogP contribution in [0, 0.1) is 0 Å². The van der Waals surface area contributed by atoms with Gasteiger partial charge in [0.05, 0.1) is 0 Å². The van der Waals surface area contributed by atoms with Gasteiger partial charge in [-0.1, -0.05) is 24.3 Å². The van der Waals surface area contributed by atoms with Crippen molar-refractivity contribution in [3.63, 3.8) is 0 Å². The molecule has 0 aliphatic carbocycles. The van der Waals surface area contributed by atoms with Crippen LogP contribution in [0.25, 0.3) is 0 Å². The molecule has 0 radical (unpaired) electrons. The highest BCUT2D eigenvalue weighted by Crippen LogP contribution is 2.17. The maximum absolute atomic E-state index is 11.7. The molecular formula is C14H17N5O. The van der Waals surface area contributed by atoms with E-state index in [1.807, 2.05) is 0 Å². The van der Waals surface area contributed by atoms with Gasteiger partial charge in [-0.15, -0.1) is 0 Å². The summed E-state index contributed by atoms with van der Waals surface area (Å²) in [6, 6.07) is 8.53. The topological polar surface area (TPSA) is 73.9 Å². The molecule has 0 bridgehead atoms. The van der Waals surface area contributed by atoms with Gasteiger partial charge in [0.25, 0.3) is 5.91 Å². The van der Waals surface area contributed by atoms with Gasteiger partial charge < -0.3 is 5.32 Å². The summed E-state index contributed by atoms with van der Waals surface area (Å²) in [6.45, 7) is 3.44. The number of fused-ring (bicyclic) bond motifs is 1. The van der Waals surface area contributed by atoms with Crippen molar-refractivity contribution < 1.29 is 4.79 Å². The van der Waals surface area contributed by atoms with Crippen LogP contribution in [0.2, 0.25) is 0 Å². The number of amides is 1. The van der Waals surface area contributed by atoms with Crippen molar-refractivity contribution in [2.75, 3.05) is 19.6 Å². The maximum Gasteiger partial charge on any atom is 0.288 e. The number of nitrogens with one attached hydrogen (secondary N) is 2. The van der Waals surface area contributed by atoms with E-state index in [0.717, 1.165) is 26.1 Å². The van der Waals surface area contributed by atoms with Crippen LogP contribution in [-0.2, 0) is 13.0 Å². The molecule has 2 aromatic rings. The lowest BCUT2D eigenvalue weighted by molar-refractivity contribution is 0.0937. The summed E-state index contributed by atoms with van der Waals surface area (Å²) in [6.07, 6.45) is 2.41. The van der Waals surface area contributed by atoms with Gasteiger partial charge in [-0.2, -0.15) is 5.10 Å². The van der Waals surface area contributed by atoms with Crippen LogP contribution in [0.5, 0.6) is 0 Å². The molecule has 0 saturated heterocycles. The second-order valence-electron chi connectivity index (χ2n) is 4.88. The van der Waals surface area contributed by atoms with Crippen molar-refractivity contribution in [2.45, 2.75) is 13.0 Å². The Morgan fingerprint density at radius 2 is 2.20 bits per heavy atom. The monoisotopic (exact) mass is 271 g/mol. The van der Waals surface area contributed by atoms with E-state index >= 15 is 0 Å². The number of hydrogen-bond donors (Lipinski definition) is 2. The molecule has 6 heteroatoms. The quantitative estimate of drug-likeness (QED) is 0.853. The first-order valence-electron chi connectivity index (χ1n) is 6.75. The summed E-state index contributed by atoms with van der Waals surface area (Å²) >= 11 is 0. The Bertz CT molecular complexity index is 581. The fourth-order valence-electron chi connectivity index (χ4n) is 2.47. The van der Waals surface area contributed by atoms with Gasteiger partial charge in [-0.05, 0) is 17.5 Å². The normalized spacial score (nSPS) is 14.8. The molecule has 2 N–H and O–H groups in total. The predicted molar refractivity (Wildman–Crippen MR) is 74.1 cm³/mol. The van der Waals surface area contributed by atoms with Crippen LogP contribution in [0.15, 0.2) is 30.6 Å². The molecular weight excluding hydrogens is 254 g/mol. The van der Waals surface area contributed by atoms with Crippen LogP contribution >= 0.6 is 0 Å². The van der Waals surface area contributed by atoms with Crippen molar-refractivity contribution in [1.29, 1.82) is 0 Å². The van der Waals surface area contributed by atoms with Gasteiger partial charge in [0.15, 0.2) is 0 Å². The average Bonchev–Trinajstić information content (AvgIpc) is 3.01. The molecule has 1 aliphatic rings. The highest BCUT2D eigenvalue weighted by atomic mass is 16.2. The van der Waals surface area contributed by atoms with Crippen LogP contribution in [0.3, 0.4) is 0 Å². The summed E-state index contributed by atoms with van der Waals surface area (Å²) in [5, 5.41) is 9.05. The summed E-state index contributed by atoms with van der Waals surface area (Å²) in [7, 11) is 0. The Morgan fingerprint density at radius 3 is 3.00 bits per heavy atom. The number of rotatable bonds is 4. The minimum atomic E-state index is -0.208. The number of hydrogen-bond acceptors (Lipinski definition) is 4. The van der Waals surface area contributed by atoms with Gasteiger partial charge in [0, 0.05) is 26.2 Å². The van der Waals surface area contributed by atoms with E-state index < -0.39 is 0 Å². The number of nitrogens with zero attached hydrogens (tertiary/aromatic N) is 3. The van der Waals surface area contributed by atoms with Crippen molar-refractivity contribution in [1.82, 2.24) is 25.4 Å². The SMILES string of the molecule is O=C(NCCN1CCc2ccccc2C1)c1ncn[nH]1. The van der Waals surface area contributed by atoms with Gasteiger partial charge in [-0.3, -0.25) is 14.8 Å². The molecule has 6 nitrogen and oxygen atoms in total. The molecule has 3 rings (SSSR count). The van der Waals surface area contributed by atoms with E-state index in [1.54, 1.807) is 0 Å². The van der Waals surface area contributed by atoms with E-state index in [0.29, 0.717) is 6.54 Å². The van der Waals surface area contributed by atoms with Crippen molar-refractivity contribution in [3.05, 3.63) is 47.5 Å². The summed E-state index contributed by atoms with van der Waals surface area (Å²) in [4.78, 5) is 17.9. The van der Waals surface area contributed by atoms with Gasteiger partial charge >= 0.3 is 0 Å². The molecule has 1 amide bonds. The lowest BCUT2D eigenvalue weighted by atomic mass is 10.00. The van der Waals surface area contributed by atoms with E-state index in [2.05, 4.69) is 49.7 Å². The predicted octanol–water partition coefficient (Wildman–Crippen LogP) is 0.593. The molecule has 20 heavy (non-hydrogen) atoms. The van der Waals surface area contributed by atoms with Crippen molar-refractivity contribution in [3.8, 4) is 0 Å². The average molecular weight is 271 g/mol. The first kappa shape index (κ1) is 12.8. The first-order valence-corrected chi connectivity index (χ1v) is 6.75. The third-order valence-electron chi connectivity index (χ3n) is 3.55. The number of aromatic nitrogens is 3. The Hall–Kier alpha value is -2.21. The maximum atomic E-state index is 11.7. The number of carbonyl (C=O) groups is 1. The third-order valence-corrected chi connectivity index (χ3v) is 3.55. The van der Waals surface area contributed by atoms with E-state index in [1.165, 1.54) is 17.5 Å². The molecule has 0 spiro atoms. The van der Waals surface area contributed by atoms with Crippen molar-refractivity contribution in [2.24, 2.45) is 0 Å². The third kappa shape index (κ3) is 2.85. The van der Waals surface area contributed by atoms with Gasteiger partial charge in [0.1, 0.15) is 6.33 Å². The minimum absolute atomic E-state index is 0.208. The summed E-state index contributed by atoms with van der Waals surface area (Å²) in [5.41, 5.74) is 2.83. The molecule has 0 atom stereocenters. The molecule has 1 aromatic heterocycles. The number of benzene rings is 1. The number of H-pyrrole nitrogens is 1. The van der Waals surface area contributed by atoms with E-state index in [4.69, 9.17) is 0 Å². The van der Waals surface area contributed by atoms with Crippen LogP contribution in [0.1, 0.15) is 21.7 Å². The molecule has 2 heterocycles. The number of carbonyl (C=O) groups excluding carboxylic acids is 1. The smallest absolute Gasteiger partial charge is 0.288 e. The van der Waals surface area contributed by atoms with E-state index in [9.17, 15) is 4.79 Å². The molecule has 1 aliphatic heterocycles. The van der Waals surface area contributed by atoms with Crippen LogP contribution < -0.4 is 5.32 Å². The Kier molecular flexibility index (Phi) is 3.73. The zero-order chi connectivity index (χ0) is 13.8. The molecule has 0 fully saturated rings. The highest BCUT2D eigenvalue weighted by molar-refractivity contribution is 5.90. The van der Waals surface area contributed by atoms with Gasteiger partial charge in [-0.25, -0.2) is 4.98 Å². The second kappa shape index (κ2) is 5.83. The molecule has 0 saturated carbocycles. The van der Waals surface area contributed by atoms with Crippen LogP contribution in [-0.4, -0.2) is 45.6 Å². The van der Waals surface area contributed by atoms with Gasteiger partial charge in [0.2, 0.25) is 5.82 Å². The fourth-order valence-corrected chi connectivity index (χ4v) is 2.47. The summed E-state index contributed by atoms with van der Waals surface area (Å²) in [5.74, 6) is 0.0499. The second-order valence-corrected chi connectivity index (χ2v) is 4.88. The summed E-state index contributed by atoms with van der Waals surface area (Å²) < 4.78 is 0. The Balaban J connectivity index is 1.47. The lowest BCUT2D eigenvalue weighted by Gasteiger charge is -2.28. The van der Waals surface area contributed by atoms with Crippen LogP contribution in [0.4, 0.5) is 0 Å². The zero-order valence-electron chi connectivity index (χ0n) is 11.2. The number of aromatic amines is 1. The Morgan fingerprint density at radius 1 is 1.35 bits per heavy atom. The Labute approximate surface area is 117 Å². The minimum Gasteiger partial charge on any atom is -0.348 e. The largest absolute Gasteiger partial charge is 0.348 e. The van der Waals surface area contributed by atoms with Crippen molar-refractivity contribution >= 4 is 5.91 Å². The molecule has 0 unspecified atom stereocenters. The first-order chi connectivity index (χ1) is 9.83. The zero-order valence-corrected chi connectivity index (χ0v) is 11.2. The standard InChI is InChI=1S/C14H17N5O/c20-14(13-16-10-17-18-13)15-6-8-19-7-5-11-3-1-2-4-12(11)9-19/h1-4,10H,5-9H2,(H,15,20)(H,16,17,18). The molecule has 104 valence electrons.